The lowest BCUT2D eigenvalue weighted by atomic mass is 10.0. The summed E-state index contributed by atoms with van der Waals surface area (Å²) in [5.41, 5.74) is 5.87. The molecular weight excluding hydrogens is 1960 g/mol. The molecule has 6 aromatic carbocycles. The standard InChI is InChI=1S/C36H39F2N5O8.C32H32F2N4O6.C24H22F2N4O4.C11H18N2O5.CH3F/c1-36(2,3)51-35(48)43-26-13-9-14-29(50-28-17-16-23(37)20-24(28)38)32(26)40-30(43)21-42-18-10-11-22(33(42)46)19-27(44)25(39-34(47)49-6)12-7-8-15-31(45)41(4)5;1-37(2)29(40)12-5-4-10-25(36-32(42)43-3)26(39)17-21-9-7-15-38(31(21)41)19-23-16-20-8-6-11-28(30(20)35-23)44-27-14-13-22(33)18-24(27)34;1-24(2,3)34-23(32)30-17-7-4-8-19(33-18-10-9-14(25)12-15(18)26)21(17)28-20(30)13-29-11-5-6-16(27)22(29)31;1-13(2)9(14)7-5-4-6-8(10(15)16)12-11(17)18-3;1-2/h8-11,13-18,20,25H,7,12,19,21H2,1-6H3,(H,39,47);5-9,11-15,18,25H,4,10,16-17,19H2,1-3H3,(H,36,42);4-12H,13,27H2,1-3H3;5,7-8H,4,6H2,1-3H3,(H,12,17)(H,15,16);1H3/b15-8+;12-5+;;7-5+;/t2*25-;;8-;/m00.0./s1/i;;;;1D. The lowest BCUT2D eigenvalue weighted by Crippen LogP contribution is -2.42. The van der Waals surface area contributed by atoms with Gasteiger partial charge in [0.2, 0.25) is 17.7 Å². The molecule has 6 N–H and O–H groups in total. The maximum Gasteiger partial charge on any atom is 0.420 e. The minimum Gasteiger partial charge on any atom is -0.480 e. The number of carbonyl (C=O) groups is 11. The zero-order chi connectivity index (χ0) is 111. The second-order valence-electron chi connectivity index (χ2n) is 35.2. The van der Waals surface area contributed by atoms with Gasteiger partial charge in [-0.05, 0) is 195 Å². The average Bonchev–Trinajstić information content (AvgIpc) is 1.62. The first-order valence-corrected chi connectivity index (χ1v) is 45.6. The Balaban J connectivity index is 0.000000253. The minimum absolute atomic E-state index is 0.0400. The number of halogens is 7. The van der Waals surface area contributed by atoms with Crippen molar-refractivity contribution in [3.63, 3.8) is 0 Å². The van der Waals surface area contributed by atoms with Crippen molar-refractivity contribution in [3.05, 3.63) is 295 Å². The molecule has 0 radical (unpaired) electrons. The number of hydrogen-bond donors (Lipinski definition) is 5. The van der Waals surface area contributed by atoms with Crippen molar-refractivity contribution in [3.8, 4) is 34.5 Å². The number of likely N-dealkylation sites (N-methyl/N-ethyl adjacent to an activating group) is 3. The van der Waals surface area contributed by atoms with Crippen molar-refractivity contribution < 1.29 is 128 Å². The van der Waals surface area contributed by atoms with Crippen LogP contribution in [-0.4, -0.2) is 224 Å². The number of fused-ring (bicyclic) bond motifs is 3. The number of amides is 6. The third kappa shape index (κ3) is 34.4. The van der Waals surface area contributed by atoms with Gasteiger partial charge in [0.25, 0.3) is 16.7 Å². The monoisotopic (exact) mass is 2070 g/mol. The number of carboxylic acids is 1. The Labute approximate surface area is 851 Å². The predicted octanol–water partition coefficient (Wildman–Crippen LogP) is 15.4. The van der Waals surface area contributed by atoms with Crippen molar-refractivity contribution in [2.45, 2.75) is 148 Å². The lowest BCUT2D eigenvalue weighted by molar-refractivity contribution is -0.139. The van der Waals surface area contributed by atoms with Crippen LogP contribution in [0.5, 0.6) is 34.5 Å². The topological polar surface area (TPSA) is 468 Å². The number of allylic oxidation sites excluding steroid dienone is 3. The fourth-order valence-electron chi connectivity index (χ4n) is 13.9. The Morgan fingerprint density at radius 2 is 0.805 bits per heavy atom. The summed E-state index contributed by atoms with van der Waals surface area (Å²) in [5, 5.41) is 16.0. The van der Waals surface area contributed by atoms with Gasteiger partial charge < -0.3 is 93.1 Å². The number of alkyl halides is 1. The number of imidazole rings is 2. The number of hydrogen-bond acceptors (Lipinski definition) is 26. The van der Waals surface area contributed by atoms with Crippen LogP contribution >= 0.6 is 0 Å². The Hall–Kier alpha value is -17.3. The first kappa shape index (κ1) is 115. The van der Waals surface area contributed by atoms with E-state index in [1.165, 1.54) is 106 Å². The third-order valence-corrected chi connectivity index (χ3v) is 21.1. The fourth-order valence-corrected chi connectivity index (χ4v) is 13.9. The second-order valence-corrected chi connectivity index (χ2v) is 35.2. The maximum absolute atomic E-state index is 14.5. The molecule has 45 heteroatoms. The average molecular weight is 2080 g/mol. The Morgan fingerprint density at radius 3 is 1.17 bits per heavy atom. The number of Topliss-reactive ketones (excluding diaryl/α,β-unsaturated/α-hetero) is 2. The highest BCUT2D eigenvalue weighted by atomic mass is 19.2. The van der Waals surface area contributed by atoms with Gasteiger partial charge in [-0.15, -0.1) is 0 Å². The van der Waals surface area contributed by atoms with Crippen LogP contribution in [0.4, 0.5) is 66.1 Å². The van der Waals surface area contributed by atoms with E-state index in [-0.39, 0.29) is 150 Å². The fraction of sp³-hybridized carbons (Fsp3) is 0.317. The molecule has 11 aromatic rings. The first-order valence-electron chi connectivity index (χ1n) is 46.3. The first-order chi connectivity index (χ1) is 70.9. The van der Waals surface area contributed by atoms with E-state index in [1.54, 1.807) is 169 Å². The molecule has 149 heavy (non-hydrogen) atoms. The summed E-state index contributed by atoms with van der Waals surface area (Å²) in [7, 11) is 12.2. The predicted molar refractivity (Wildman–Crippen MR) is 535 cm³/mol. The SMILES string of the molecule is CC(C)(C)OC(=O)n1c(Cn2cccc(N)c2=O)nc2c(Oc3ccc(F)cc3F)cccc21.COC(=O)N[C@@H](CC/C=C/C(=O)N(C)C)C(=O)Cc1cccn(CC2=Nc3c(cccc3Oc3ccc(F)cc3F)C2)c1=O.COC(=O)N[C@@H](CC/C=C/C(=O)N(C)C)C(=O)Cc1cccn(Cc2nc3c(Oc4ccc(F)cc4F)cccc3n2C(=O)OC(C)(C)C)c1=O.COC(=O)N[C@@H](CC/C=C/C(=O)N(C)C)C(=O)O.[2H]CF. The zero-order valence-corrected chi connectivity index (χ0v) is 84.0. The normalized spacial score (nSPS) is 12.1. The summed E-state index contributed by atoms with van der Waals surface area (Å²) in [6.07, 6.45) is 10.8. The summed E-state index contributed by atoms with van der Waals surface area (Å²) < 4.78 is 147. The van der Waals surface area contributed by atoms with Gasteiger partial charge in [0.15, 0.2) is 63.5 Å². The van der Waals surface area contributed by atoms with Crippen LogP contribution in [0, 0.1) is 34.9 Å². The van der Waals surface area contributed by atoms with Crippen LogP contribution in [0.3, 0.4) is 0 Å². The number of rotatable bonds is 34. The number of carboxylic acid groups (broad SMARTS) is 1. The van der Waals surface area contributed by atoms with Crippen LogP contribution in [0.15, 0.2) is 220 Å². The van der Waals surface area contributed by atoms with E-state index in [9.17, 15) is 97.9 Å². The number of nitrogen functional groups attached to an aromatic ring is 1. The largest absolute Gasteiger partial charge is 0.480 e. The Morgan fingerprint density at radius 1 is 0.463 bits per heavy atom. The summed E-state index contributed by atoms with van der Waals surface area (Å²) in [5.74, 6) is -7.50. The molecule has 38 nitrogen and oxygen atoms in total. The van der Waals surface area contributed by atoms with Crippen LogP contribution < -0.4 is 52.6 Å². The highest BCUT2D eigenvalue weighted by molar-refractivity contribution is 5.97. The number of aliphatic carboxylic acids is 1. The molecule has 0 saturated carbocycles. The van der Waals surface area contributed by atoms with Crippen LogP contribution in [-0.2, 0) is 91.3 Å². The highest BCUT2D eigenvalue weighted by Gasteiger charge is 2.32. The molecule has 3 atom stereocenters. The molecule has 12 rings (SSSR count). The van der Waals surface area contributed by atoms with Crippen LogP contribution in [0.1, 0.15) is 110 Å². The number of aromatic nitrogens is 7. The summed E-state index contributed by atoms with van der Waals surface area (Å²) in [6.45, 7) is 9.99. The van der Waals surface area contributed by atoms with Crippen molar-refractivity contribution >= 4 is 105 Å². The molecule has 0 bridgehead atoms. The second kappa shape index (κ2) is 54.6. The number of anilines is 1. The number of methoxy groups -OCH3 is 3. The van der Waals surface area contributed by atoms with Gasteiger partial charge in [-0.1, -0.05) is 54.6 Å². The molecule has 6 amide bonds. The number of pyridine rings is 3. The van der Waals surface area contributed by atoms with E-state index >= 15 is 0 Å². The molecular formula is C104H114F7N15O23. The maximum atomic E-state index is 14.5. The van der Waals surface area contributed by atoms with E-state index in [4.69, 9.17) is 35.9 Å². The van der Waals surface area contributed by atoms with Crippen LogP contribution in [0.2, 0.25) is 0 Å². The number of nitrogens with two attached hydrogens (primary N) is 1. The number of ketones is 2. The number of benzene rings is 6. The molecule has 0 fully saturated rings. The van der Waals surface area contributed by atoms with E-state index in [2.05, 4.69) is 45.1 Å². The quantitative estimate of drug-likeness (QED) is 0.0142. The number of carbonyl (C=O) groups excluding carboxylic acids is 10. The third-order valence-electron chi connectivity index (χ3n) is 21.1. The van der Waals surface area contributed by atoms with Crippen molar-refractivity contribution in [2.24, 2.45) is 4.99 Å². The van der Waals surface area contributed by atoms with E-state index in [0.29, 0.717) is 54.1 Å². The van der Waals surface area contributed by atoms with Gasteiger partial charge >= 0.3 is 36.4 Å². The molecule has 5 aromatic heterocycles. The van der Waals surface area contributed by atoms with Crippen molar-refractivity contribution in [1.82, 2.24) is 63.5 Å². The molecule has 0 spiro atoms. The molecule has 0 saturated heterocycles. The highest BCUT2D eigenvalue weighted by Crippen LogP contribution is 2.41. The molecule has 6 heterocycles. The van der Waals surface area contributed by atoms with Gasteiger partial charge in [-0.2, -0.15) is 0 Å². The summed E-state index contributed by atoms with van der Waals surface area (Å²) in [4.78, 5) is 191. The number of ether oxygens (including phenoxy) is 8. The smallest absolute Gasteiger partial charge is 0.420 e. The Kier molecular flexibility index (Phi) is 42.2. The molecule has 0 aliphatic carbocycles. The van der Waals surface area contributed by atoms with Gasteiger partial charge in [0, 0.05) is 115 Å². The van der Waals surface area contributed by atoms with E-state index in [1.807, 2.05) is 6.07 Å². The van der Waals surface area contributed by atoms with Gasteiger partial charge in [0.05, 0.1) is 78.3 Å². The zero-order valence-electron chi connectivity index (χ0n) is 85.0. The van der Waals surface area contributed by atoms with E-state index in [0.717, 1.165) is 56.2 Å². The lowest BCUT2D eigenvalue weighted by Gasteiger charge is -2.20. The van der Waals surface area contributed by atoms with Gasteiger partial charge in [-0.25, -0.2) is 74.2 Å². The summed E-state index contributed by atoms with van der Waals surface area (Å²) in [6, 6.07) is 29.7. The number of aliphatic imine (C=N–C) groups is 1. The number of nitrogens with one attached hydrogen (secondary N) is 3. The number of para-hydroxylation sites is 3. The van der Waals surface area contributed by atoms with Crippen molar-refractivity contribution in [1.29, 1.82) is 0 Å². The van der Waals surface area contributed by atoms with Crippen LogP contribution in [0.25, 0.3) is 22.1 Å². The summed E-state index contributed by atoms with van der Waals surface area (Å²) >= 11 is 0. The molecule has 0 unspecified atom stereocenters. The molecule has 1 aliphatic heterocycles. The Bertz CT molecular complexity index is 7060. The minimum atomic E-state index is -1.15. The van der Waals surface area contributed by atoms with Gasteiger partial charge in [0.1, 0.15) is 63.1 Å². The number of nitrogens with zero attached hydrogens (tertiary/aromatic N) is 11. The van der Waals surface area contributed by atoms with E-state index < -0.39 is 136 Å². The van der Waals surface area contributed by atoms with Crippen molar-refractivity contribution in [2.75, 3.05) is 76.5 Å². The molecule has 792 valence electrons. The molecule has 1 aliphatic rings. The van der Waals surface area contributed by atoms with Gasteiger partial charge in [-0.3, -0.25) is 47.7 Å². The number of alkyl carbamates (subject to hydrolysis) is 3.